The Morgan fingerprint density at radius 3 is 2.50 bits per heavy atom. The summed E-state index contributed by atoms with van der Waals surface area (Å²) in [6.45, 7) is 5.38. The van der Waals surface area contributed by atoms with Gasteiger partial charge >= 0.3 is 0 Å². The van der Waals surface area contributed by atoms with E-state index < -0.39 is 0 Å². The van der Waals surface area contributed by atoms with Crippen LogP contribution < -0.4 is 5.32 Å². The van der Waals surface area contributed by atoms with Gasteiger partial charge < -0.3 is 5.32 Å². The molecule has 0 aliphatic carbocycles. The van der Waals surface area contributed by atoms with E-state index in [0.29, 0.717) is 13.1 Å². The number of likely N-dealkylation sites (tertiary alicyclic amines) is 1. The highest BCUT2D eigenvalue weighted by Crippen LogP contribution is 2.07. The van der Waals surface area contributed by atoms with Gasteiger partial charge in [0.2, 0.25) is 5.91 Å². The van der Waals surface area contributed by atoms with Crippen LogP contribution in [0.2, 0.25) is 0 Å². The number of carbonyl (C=O) groups is 1. The maximum atomic E-state index is 11.8. The summed E-state index contributed by atoms with van der Waals surface area (Å²) in [5, 5.41) is 2.99. The highest BCUT2D eigenvalue weighted by Gasteiger charge is 2.13. The molecule has 1 aromatic carbocycles. The lowest BCUT2D eigenvalue weighted by Crippen LogP contribution is -2.39. The van der Waals surface area contributed by atoms with E-state index in [1.165, 1.54) is 24.8 Å². The summed E-state index contributed by atoms with van der Waals surface area (Å²) in [6.07, 6.45) is 3.76. The molecular formula is C15H22N2O. The van der Waals surface area contributed by atoms with Crippen LogP contribution in [-0.2, 0) is 11.3 Å². The summed E-state index contributed by atoms with van der Waals surface area (Å²) in [5.74, 6) is 0.137. The van der Waals surface area contributed by atoms with Crippen molar-refractivity contribution >= 4 is 5.91 Å². The van der Waals surface area contributed by atoms with Crippen LogP contribution in [0.1, 0.15) is 30.4 Å². The third-order valence-corrected chi connectivity index (χ3v) is 3.43. The summed E-state index contributed by atoms with van der Waals surface area (Å²) < 4.78 is 0. The first-order chi connectivity index (χ1) is 8.74. The van der Waals surface area contributed by atoms with E-state index in [9.17, 15) is 4.79 Å². The first-order valence-corrected chi connectivity index (χ1v) is 6.78. The van der Waals surface area contributed by atoms with Gasteiger partial charge in [0, 0.05) is 6.54 Å². The van der Waals surface area contributed by atoms with Gasteiger partial charge in [-0.2, -0.15) is 0 Å². The number of nitrogens with zero attached hydrogens (tertiary/aromatic N) is 1. The Morgan fingerprint density at radius 2 is 1.83 bits per heavy atom. The Kier molecular flexibility index (Phi) is 4.76. The van der Waals surface area contributed by atoms with Crippen LogP contribution in [0.25, 0.3) is 0 Å². The molecule has 1 aromatic rings. The molecule has 0 saturated carbocycles. The van der Waals surface area contributed by atoms with E-state index in [0.717, 1.165) is 18.7 Å². The highest BCUT2D eigenvalue weighted by molar-refractivity contribution is 5.78. The summed E-state index contributed by atoms with van der Waals surface area (Å²) in [5.41, 5.74) is 2.41. The van der Waals surface area contributed by atoms with E-state index in [1.54, 1.807) is 0 Å². The fourth-order valence-corrected chi connectivity index (χ4v) is 2.28. The summed E-state index contributed by atoms with van der Waals surface area (Å²) in [6, 6.07) is 8.28. The monoisotopic (exact) mass is 246 g/mol. The Hall–Kier alpha value is -1.35. The number of nitrogens with one attached hydrogen (secondary N) is 1. The largest absolute Gasteiger partial charge is 0.351 e. The second-order valence-corrected chi connectivity index (χ2v) is 5.10. The zero-order chi connectivity index (χ0) is 12.8. The number of aryl methyl sites for hydroxylation is 1. The minimum Gasteiger partial charge on any atom is -0.351 e. The molecule has 0 aromatic heterocycles. The van der Waals surface area contributed by atoms with Crippen LogP contribution in [0.3, 0.4) is 0 Å². The average molecular weight is 246 g/mol. The van der Waals surface area contributed by atoms with Crippen LogP contribution in [-0.4, -0.2) is 30.4 Å². The number of piperidine rings is 1. The van der Waals surface area contributed by atoms with Crippen molar-refractivity contribution in [1.29, 1.82) is 0 Å². The fourth-order valence-electron chi connectivity index (χ4n) is 2.28. The van der Waals surface area contributed by atoms with Crippen LogP contribution in [0.4, 0.5) is 0 Å². The van der Waals surface area contributed by atoms with Gasteiger partial charge in [0.25, 0.3) is 0 Å². The smallest absolute Gasteiger partial charge is 0.234 e. The summed E-state index contributed by atoms with van der Waals surface area (Å²) in [4.78, 5) is 14.0. The van der Waals surface area contributed by atoms with Crippen LogP contribution in [0.15, 0.2) is 24.3 Å². The standard InChI is InChI=1S/C15H22N2O/c1-13-5-7-14(8-6-13)11-16-15(18)12-17-9-3-2-4-10-17/h5-8H,2-4,9-12H2,1H3,(H,16,18). The number of benzene rings is 1. The van der Waals surface area contributed by atoms with E-state index in [4.69, 9.17) is 0 Å². The van der Waals surface area contributed by atoms with Crippen LogP contribution in [0, 0.1) is 6.92 Å². The molecule has 3 heteroatoms. The number of carbonyl (C=O) groups excluding carboxylic acids is 1. The van der Waals surface area contributed by atoms with Crippen molar-refractivity contribution in [3.8, 4) is 0 Å². The fraction of sp³-hybridized carbons (Fsp3) is 0.533. The number of hydrogen-bond acceptors (Lipinski definition) is 2. The average Bonchev–Trinajstić information content (AvgIpc) is 2.39. The van der Waals surface area contributed by atoms with E-state index in [-0.39, 0.29) is 5.91 Å². The molecule has 0 atom stereocenters. The SMILES string of the molecule is Cc1ccc(CNC(=O)CN2CCCCC2)cc1. The van der Waals surface area contributed by atoms with Gasteiger partial charge in [-0.15, -0.1) is 0 Å². The lowest BCUT2D eigenvalue weighted by molar-refractivity contribution is -0.122. The van der Waals surface area contributed by atoms with Gasteiger partial charge in [0.1, 0.15) is 0 Å². The molecule has 2 rings (SSSR count). The molecular weight excluding hydrogens is 224 g/mol. The first-order valence-electron chi connectivity index (χ1n) is 6.78. The first kappa shape index (κ1) is 13.1. The summed E-state index contributed by atoms with van der Waals surface area (Å²) >= 11 is 0. The molecule has 1 amide bonds. The van der Waals surface area contributed by atoms with Crippen molar-refractivity contribution in [2.24, 2.45) is 0 Å². The van der Waals surface area contributed by atoms with Gasteiger partial charge in [-0.05, 0) is 38.4 Å². The minimum atomic E-state index is 0.137. The maximum Gasteiger partial charge on any atom is 0.234 e. The minimum absolute atomic E-state index is 0.137. The molecule has 0 spiro atoms. The molecule has 1 aliphatic heterocycles. The normalized spacial score (nSPS) is 16.5. The number of amides is 1. The molecule has 1 heterocycles. The molecule has 3 nitrogen and oxygen atoms in total. The molecule has 1 aliphatic rings. The van der Waals surface area contributed by atoms with Gasteiger partial charge in [0.15, 0.2) is 0 Å². The van der Waals surface area contributed by atoms with Crippen molar-refractivity contribution < 1.29 is 4.79 Å². The molecule has 0 unspecified atom stereocenters. The van der Waals surface area contributed by atoms with Gasteiger partial charge in [-0.3, -0.25) is 9.69 Å². The predicted octanol–water partition coefficient (Wildman–Crippen LogP) is 2.10. The Bertz CT molecular complexity index is 380. The molecule has 98 valence electrons. The number of hydrogen-bond donors (Lipinski definition) is 1. The molecule has 1 fully saturated rings. The van der Waals surface area contributed by atoms with Gasteiger partial charge in [0.05, 0.1) is 6.54 Å². The molecule has 1 saturated heterocycles. The zero-order valence-corrected chi connectivity index (χ0v) is 11.1. The zero-order valence-electron chi connectivity index (χ0n) is 11.1. The number of rotatable bonds is 4. The second-order valence-electron chi connectivity index (χ2n) is 5.10. The topological polar surface area (TPSA) is 32.3 Å². The van der Waals surface area contributed by atoms with Crippen molar-refractivity contribution in [3.05, 3.63) is 35.4 Å². The van der Waals surface area contributed by atoms with Crippen molar-refractivity contribution in [3.63, 3.8) is 0 Å². The Morgan fingerprint density at radius 1 is 1.17 bits per heavy atom. The third-order valence-electron chi connectivity index (χ3n) is 3.43. The Labute approximate surface area is 109 Å². The van der Waals surface area contributed by atoms with Crippen LogP contribution >= 0.6 is 0 Å². The van der Waals surface area contributed by atoms with E-state index >= 15 is 0 Å². The van der Waals surface area contributed by atoms with Crippen molar-refractivity contribution in [2.75, 3.05) is 19.6 Å². The highest BCUT2D eigenvalue weighted by atomic mass is 16.2. The Balaban J connectivity index is 1.72. The lowest BCUT2D eigenvalue weighted by atomic mass is 10.1. The third kappa shape index (κ3) is 4.15. The molecule has 1 N–H and O–H groups in total. The van der Waals surface area contributed by atoms with Gasteiger partial charge in [-0.1, -0.05) is 36.2 Å². The maximum absolute atomic E-state index is 11.8. The van der Waals surface area contributed by atoms with Gasteiger partial charge in [-0.25, -0.2) is 0 Å². The molecule has 18 heavy (non-hydrogen) atoms. The summed E-state index contributed by atoms with van der Waals surface area (Å²) in [7, 11) is 0. The van der Waals surface area contributed by atoms with E-state index in [2.05, 4.69) is 41.4 Å². The quantitative estimate of drug-likeness (QED) is 0.882. The molecule has 0 bridgehead atoms. The van der Waals surface area contributed by atoms with Crippen LogP contribution in [0.5, 0.6) is 0 Å². The molecule has 0 radical (unpaired) electrons. The van der Waals surface area contributed by atoms with E-state index in [1.807, 2.05) is 0 Å². The second kappa shape index (κ2) is 6.55. The van der Waals surface area contributed by atoms with Crippen molar-refractivity contribution in [1.82, 2.24) is 10.2 Å². The lowest BCUT2D eigenvalue weighted by Gasteiger charge is -2.25. The predicted molar refractivity (Wildman–Crippen MR) is 73.3 cm³/mol. The van der Waals surface area contributed by atoms with Crippen molar-refractivity contribution in [2.45, 2.75) is 32.7 Å².